The molecule has 0 spiro atoms. The van der Waals surface area contributed by atoms with Gasteiger partial charge < -0.3 is 15.5 Å². The smallest absolute Gasteiger partial charge is 0.303 e. The Labute approximate surface area is 89.5 Å². The molecule has 15 heavy (non-hydrogen) atoms. The van der Waals surface area contributed by atoms with Crippen LogP contribution in [0.25, 0.3) is 0 Å². The van der Waals surface area contributed by atoms with E-state index in [0.29, 0.717) is 6.42 Å². The average Bonchev–Trinajstić information content (AvgIpc) is 2.13. The van der Waals surface area contributed by atoms with Crippen molar-refractivity contribution in [2.24, 2.45) is 5.92 Å². The Kier molecular flexibility index (Phi) is 6.70. The molecule has 5 nitrogen and oxygen atoms in total. The van der Waals surface area contributed by atoms with Crippen molar-refractivity contribution in [2.45, 2.75) is 39.2 Å². The minimum Gasteiger partial charge on any atom is -0.481 e. The highest BCUT2D eigenvalue weighted by Gasteiger charge is 2.10. The van der Waals surface area contributed by atoms with Gasteiger partial charge in [-0.1, -0.05) is 13.8 Å². The number of carboxylic acids is 1. The number of carboxylic acid groups (broad SMARTS) is 1. The topological polar surface area (TPSA) is 86.6 Å². The second-order valence-electron chi connectivity index (χ2n) is 3.86. The van der Waals surface area contributed by atoms with Gasteiger partial charge in [-0.05, 0) is 12.3 Å². The molecule has 0 aliphatic heterocycles. The quantitative estimate of drug-likeness (QED) is 0.575. The van der Waals surface area contributed by atoms with Gasteiger partial charge in [0.25, 0.3) is 0 Å². The Balaban J connectivity index is 3.53. The van der Waals surface area contributed by atoms with Gasteiger partial charge in [-0.2, -0.15) is 0 Å². The number of rotatable bonds is 7. The van der Waals surface area contributed by atoms with Gasteiger partial charge in [-0.15, -0.1) is 0 Å². The summed E-state index contributed by atoms with van der Waals surface area (Å²) in [6.07, 6.45) is -0.0237. The second-order valence-corrected chi connectivity index (χ2v) is 3.86. The number of amides is 1. The predicted molar refractivity (Wildman–Crippen MR) is 55.3 cm³/mol. The molecule has 0 aliphatic rings. The van der Waals surface area contributed by atoms with Crippen LogP contribution in [-0.4, -0.2) is 34.7 Å². The number of hydrogen-bond donors (Lipinski definition) is 3. The van der Waals surface area contributed by atoms with Gasteiger partial charge in [-0.3, -0.25) is 9.59 Å². The first kappa shape index (κ1) is 13.9. The molecule has 1 unspecified atom stereocenters. The van der Waals surface area contributed by atoms with Gasteiger partial charge >= 0.3 is 5.97 Å². The van der Waals surface area contributed by atoms with Crippen LogP contribution in [0.15, 0.2) is 0 Å². The van der Waals surface area contributed by atoms with Crippen molar-refractivity contribution in [3.63, 3.8) is 0 Å². The lowest BCUT2D eigenvalue weighted by Crippen LogP contribution is -2.34. The lowest BCUT2D eigenvalue weighted by atomic mass is 10.1. The maximum absolute atomic E-state index is 11.1. The number of hydrogen-bond acceptors (Lipinski definition) is 3. The van der Waals surface area contributed by atoms with Crippen LogP contribution in [0.5, 0.6) is 0 Å². The molecular formula is C10H19NO4. The molecule has 0 rings (SSSR count). The third-order valence-corrected chi connectivity index (χ3v) is 2.07. The molecule has 0 heterocycles. The first-order valence-electron chi connectivity index (χ1n) is 5.10. The van der Waals surface area contributed by atoms with Gasteiger partial charge in [0.15, 0.2) is 0 Å². The summed E-state index contributed by atoms with van der Waals surface area (Å²) in [6.45, 7) is 3.95. The third-order valence-electron chi connectivity index (χ3n) is 2.07. The fraction of sp³-hybridized carbons (Fsp3) is 0.800. The number of aliphatic hydroxyl groups excluding tert-OH is 1. The molecule has 0 aromatic carbocycles. The first-order chi connectivity index (χ1) is 6.93. The molecule has 0 aromatic heterocycles. The molecule has 0 saturated carbocycles. The van der Waals surface area contributed by atoms with Crippen molar-refractivity contribution in [1.29, 1.82) is 0 Å². The van der Waals surface area contributed by atoms with Gasteiger partial charge in [-0.25, -0.2) is 0 Å². The highest BCUT2D eigenvalue weighted by molar-refractivity contribution is 5.76. The summed E-state index contributed by atoms with van der Waals surface area (Å²) < 4.78 is 0. The van der Waals surface area contributed by atoms with Crippen LogP contribution in [0.1, 0.15) is 33.1 Å². The Hall–Kier alpha value is -1.10. The minimum atomic E-state index is -0.898. The molecule has 0 fully saturated rings. The molecular weight excluding hydrogens is 198 g/mol. The highest BCUT2D eigenvalue weighted by atomic mass is 16.4. The summed E-state index contributed by atoms with van der Waals surface area (Å²) in [6, 6.07) is 0. The highest BCUT2D eigenvalue weighted by Crippen LogP contribution is 2.00. The van der Waals surface area contributed by atoms with Gasteiger partial charge in [0.2, 0.25) is 5.91 Å². The molecule has 5 heteroatoms. The van der Waals surface area contributed by atoms with Crippen molar-refractivity contribution in [3.05, 3.63) is 0 Å². The van der Waals surface area contributed by atoms with Crippen molar-refractivity contribution < 1.29 is 19.8 Å². The van der Waals surface area contributed by atoms with E-state index in [1.165, 1.54) is 0 Å². The molecule has 88 valence electrons. The minimum absolute atomic E-state index is 0.000153. The van der Waals surface area contributed by atoms with E-state index in [1.54, 1.807) is 0 Å². The van der Waals surface area contributed by atoms with E-state index in [0.717, 1.165) is 0 Å². The van der Waals surface area contributed by atoms with E-state index >= 15 is 0 Å². The average molecular weight is 217 g/mol. The van der Waals surface area contributed by atoms with Crippen LogP contribution in [0.3, 0.4) is 0 Å². The predicted octanol–water partition coefficient (Wildman–Crippen LogP) is 0.374. The first-order valence-corrected chi connectivity index (χ1v) is 5.10. The van der Waals surface area contributed by atoms with Gasteiger partial charge in [0.05, 0.1) is 6.10 Å². The zero-order valence-electron chi connectivity index (χ0n) is 9.19. The monoisotopic (exact) mass is 217 g/mol. The van der Waals surface area contributed by atoms with E-state index in [2.05, 4.69) is 5.32 Å². The summed E-state index contributed by atoms with van der Waals surface area (Å²) >= 11 is 0. The largest absolute Gasteiger partial charge is 0.481 e. The fourth-order valence-corrected chi connectivity index (χ4v) is 0.943. The molecule has 0 radical (unpaired) electrons. The fourth-order valence-electron chi connectivity index (χ4n) is 0.943. The summed E-state index contributed by atoms with van der Waals surface area (Å²) in [5.74, 6) is -1.01. The zero-order valence-corrected chi connectivity index (χ0v) is 9.19. The van der Waals surface area contributed by atoms with Crippen molar-refractivity contribution in [1.82, 2.24) is 5.32 Å². The molecule has 1 amide bonds. The molecule has 0 bridgehead atoms. The summed E-state index contributed by atoms with van der Waals surface area (Å²) in [7, 11) is 0. The standard InChI is InChI=1S/C10H19NO4/c1-7(2)8(12)6-11-9(13)4-3-5-10(14)15/h7-8,12H,3-6H2,1-2H3,(H,11,13)(H,14,15). The molecule has 0 saturated heterocycles. The van der Waals surface area contributed by atoms with Crippen LogP contribution < -0.4 is 5.32 Å². The Morgan fingerprint density at radius 1 is 1.27 bits per heavy atom. The molecule has 3 N–H and O–H groups in total. The van der Waals surface area contributed by atoms with Crippen molar-refractivity contribution >= 4 is 11.9 Å². The Morgan fingerprint density at radius 2 is 1.87 bits per heavy atom. The van der Waals surface area contributed by atoms with Crippen LogP contribution in [0.2, 0.25) is 0 Å². The van der Waals surface area contributed by atoms with Gasteiger partial charge in [0.1, 0.15) is 0 Å². The van der Waals surface area contributed by atoms with E-state index in [1.807, 2.05) is 13.8 Å². The Morgan fingerprint density at radius 3 is 2.33 bits per heavy atom. The van der Waals surface area contributed by atoms with Crippen LogP contribution in [0, 0.1) is 5.92 Å². The number of aliphatic carboxylic acids is 1. The molecule has 0 aliphatic carbocycles. The van der Waals surface area contributed by atoms with E-state index in [9.17, 15) is 14.7 Å². The SMILES string of the molecule is CC(C)C(O)CNC(=O)CCCC(=O)O. The van der Waals surface area contributed by atoms with Crippen LogP contribution in [-0.2, 0) is 9.59 Å². The number of nitrogens with one attached hydrogen (secondary N) is 1. The second kappa shape index (κ2) is 7.23. The summed E-state index contributed by atoms with van der Waals surface area (Å²) in [4.78, 5) is 21.3. The maximum Gasteiger partial charge on any atom is 0.303 e. The number of carbonyl (C=O) groups is 2. The maximum atomic E-state index is 11.1. The van der Waals surface area contributed by atoms with Crippen LogP contribution >= 0.6 is 0 Å². The van der Waals surface area contributed by atoms with E-state index < -0.39 is 12.1 Å². The number of aliphatic hydroxyl groups is 1. The van der Waals surface area contributed by atoms with E-state index in [-0.39, 0.29) is 31.2 Å². The third kappa shape index (κ3) is 7.93. The summed E-state index contributed by atoms with van der Waals surface area (Å²) in [5, 5.41) is 20.3. The summed E-state index contributed by atoms with van der Waals surface area (Å²) in [5.41, 5.74) is 0. The van der Waals surface area contributed by atoms with Gasteiger partial charge in [0, 0.05) is 19.4 Å². The van der Waals surface area contributed by atoms with Crippen molar-refractivity contribution in [2.75, 3.05) is 6.54 Å². The normalized spacial score (nSPS) is 12.5. The van der Waals surface area contributed by atoms with E-state index in [4.69, 9.17) is 5.11 Å². The lowest BCUT2D eigenvalue weighted by molar-refractivity contribution is -0.137. The Bertz CT molecular complexity index is 215. The molecule has 1 atom stereocenters. The number of carbonyl (C=O) groups excluding carboxylic acids is 1. The lowest BCUT2D eigenvalue weighted by Gasteiger charge is -2.14. The zero-order chi connectivity index (χ0) is 11.8. The van der Waals surface area contributed by atoms with Crippen LogP contribution in [0.4, 0.5) is 0 Å². The molecule has 0 aromatic rings. The van der Waals surface area contributed by atoms with Crippen molar-refractivity contribution in [3.8, 4) is 0 Å².